The van der Waals surface area contributed by atoms with Gasteiger partial charge in [0.1, 0.15) is 11.7 Å². The van der Waals surface area contributed by atoms with Gasteiger partial charge in [0.15, 0.2) is 5.78 Å². The number of methoxy groups -OCH3 is 1. The van der Waals surface area contributed by atoms with Crippen LogP contribution in [0, 0.1) is 11.8 Å². The van der Waals surface area contributed by atoms with Gasteiger partial charge in [0.05, 0.1) is 13.7 Å². The van der Waals surface area contributed by atoms with Crippen LogP contribution in [0.15, 0.2) is 72.1 Å². The van der Waals surface area contributed by atoms with Crippen molar-refractivity contribution in [3.63, 3.8) is 0 Å². The predicted octanol–water partition coefficient (Wildman–Crippen LogP) is 5.18. The van der Waals surface area contributed by atoms with E-state index in [0.29, 0.717) is 30.7 Å². The van der Waals surface area contributed by atoms with Gasteiger partial charge < -0.3 is 19.7 Å². The lowest BCUT2D eigenvalue weighted by molar-refractivity contribution is -0.149. The number of nitrogens with one attached hydrogen (secondary N) is 1. The maximum Gasteiger partial charge on any atom is 0.315 e. The number of ether oxygens (including phenoxy) is 2. The highest BCUT2D eigenvalue weighted by molar-refractivity contribution is 6.01. The Kier molecular flexibility index (Phi) is 7.53. The van der Waals surface area contributed by atoms with Crippen molar-refractivity contribution in [3.05, 3.63) is 83.2 Å². The second-order valence-electron chi connectivity index (χ2n) is 10.3. The van der Waals surface area contributed by atoms with Crippen LogP contribution >= 0.6 is 0 Å². The predicted molar refractivity (Wildman–Crippen MR) is 142 cm³/mol. The van der Waals surface area contributed by atoms with E-state index in [-0.39, 0.29) is 23.6 Å². The molecule has 190 valence electrons. The summed E-state index contributed by atoms with van der Waals surface area (Å²) >= 11 is 0. The van der Waals surface area contributed by atoms with Crippen molar-refractivity contribution in [3.8, 4) is 5.75 Å². The number of benzene rings is 2. The zero-order chi connectivity index (χ0) is 26.0. The molecule has 0 amide bonds. The highest BCUT2D eigenvalue weighted by Gasteiger charge is 2.45. The minimum atomic E-state index is -0.672. The van der Waals surface area contributed by atoms with Gasteiger partial charge in [-0.15, -0.1) is 0 Å². The van der Waals surface area contributed by atoms with E-state index in [1.165, 1.54) is 0 Å². The second-order valence-corrected chi connectivity index (χ2v) is 10.3. The van der Waals surface area contributed by atoms with Crippen LogP contribution in [0.25, 0.3) is 0 Å². The summed E-state index contributed by atoms with van der Waals surface area (Å²) in [6.45, 7) is 8.55. The third kappa shape index (κ3) is 5.18. The van der Waals surface area contributed by atoms with E-state index >= 15 is 0 Å². The van der Waals surface area contributed by atoms with Gasteiger partial charge in [-0.1, -0.05) is 44.7 Å². The van der Waals surface area contributed by atoms with Gasteiger partial charge in [-0.3, -0.25) is 9.59 Å². The van der Waals surface area contributed by atoms with E-state index in [1.54, 1.807) is 7.11 Å². The Labute approximate surface area is 214 Å². The molecule has 3 unspecified atom stereocenters. The van der Waals surface area contributed by atoms with Gasteiger partial charge in [0.2, 0.25) is 0 Å². The van der Waals surface area contributed by atoms with Gasteiger partial charge in [-0.05, 0) is 53.6 Å². The molecule has 2 aromatic rings. The monoisotopic (exact) mass is 488 g/mol. The molecule has 6 heteroatoms. The molecule has 2 aliphatic rings. The molecule has 36 heavy (non-hydrogen) atoms. The van der Waals surface area contributed by atoms with Crippen molar-refractivity contribution < 1.29 is 19.1 Å². The number of rotatable bonds is 7. The van der Waals surface area contributed by atoms with Crippen molar-refractivity contribution in [2.75, 3.05) is 32.7 Å². The first-order valence-electron chi connectivity index (χ1n) is 12.5. The van der Waals surface area contributed by atoms with Crippen molar-refractivity contribution in [1.29, 1.82) is 0 Å². The summed E-state index contributed by atoms with van der Waals surface area (Å²) < 4.78 is 10.9. The number of nitrogens with zero attached hydrogens (tertiary/aromatic N) is 1. The maximum atomic E-state index is 13.7. The minimum Gasteiger partial charge on any atom is -0.497 e. The van der Waals surface area contributed by atoms with Crippen LogP contribution in [0.5, 0.6) is 5.75 Å². The lowest BCUT2D eigenvalue weighted by Crippen LogP contribution is -2.42. The Hall–Kier alpha value is -3.54. The van der Waals surface area contributed by atoms with E-state index in [0.717, 1.165) is 28.3 Å². The third-order valence-electron chi connectivity index (χ3n) is 7.01. The largest absolute Gasteiger partial charge is 0.497 e. The van der Waals surface area contributed by atoms with Crippen LogP contribution in [0.2, 0.25) is 0 Å². The van der Waals surface area contributed by atoms with Crippen LogP contribution in [0.1, 0.15) is 49.7 Å². The van der Waals surface area contributed by atoms with Crippen LogP contribution in [0.3, 0.4) is 0 Å². The Morgan fingerprint density at radius 3 is 2.28 bits per heavy atom. The lowest BCUT2D eigenvalue weighted by atomic mass is 9.69. The summed E-state index contributed by atoms with van der Waals surface area (Å²) in [5.74, 6) is -0.353. The van der Waals surface area contributed by atoms with Crippen molar-refractivity contribution >= 4 is 17.4 Å². The third-order valence-corrected chi connectivity index (χ3v) is 7.01. The molecule has 1 heterocycles. The molecule has 4 rings (SSSR count). The number of hydrogen-bond donors (Lipinski definition) is 1. The minimum absolute atomic E-state index is 0.0451. The Balaban J connectivity index is 1.73. The normalized spacial score (nSPS) is 21.7. The molecule has 0 saturated carbocycles. The van der Waals surface area contributed by atoms with Gasteiger partial charge in [-0.25, -0.2) is 0 Å². The van der Waals surface area contributed by atoms with Gasteiger partial charge in [-0.2, -0.15) is 0 Å². The second kappa shape index (κ2) is 10.6. The molecule has 0 saturated heterocycles. The molecule has 0 radical (unpaired) electrons. The van der Waals surface area contributed by atoms with E-state index in [2.05, 4.69) is 11.9 Å². The molecular formula is C30H36N2O4. The number of carbonyl (C=O) groups excluding carboxylic acids is 2. The van der Waals surface area contributed by atoms with E-state index in [1.807, 2.05) is 81.4 Å². The summed E-state index contributed by atoms with van der Waals surface area (Å²) in [4.78, 5) is 29.1. The summed E-state index contributed by atoms with van der Waals surface area (Å²) in [6.07, 6.45) is 1.06. The standard InChI is InChI=1S/C30H36N2O4/c1-18(2)17-36-30(34)27-19(3)31-25-15-22(20-9-13-24(35-6)14-10-20)16-26(33)29(25)28(27)21-7-11-23(12-8-21)32(4)5/h7-14,18,22,27-28,31H,3,15-17H2,1-2,4-6H3. The molecule has 0 aromatic heterocycles. The van der Waals surface area contributed by atoms with E-state index in [4.69, 9.17) is 9.47 Å². The fourth-order valence-electron chi connectivity index (χ4n) is 5.12. The highest BCUT2D eigenvalue weighted by Crippen LogP contribution is 2.47. The van der Waals surface area contributed by atoms with Crippen LogP contribution in [0.4, 0.5) is 5.69 Å². The fraction of sp³-hybridized carbons (Fsp3) is 0.400. The molecule has 1 N–H and O–H groups in total. The van der Waals surface area contributed by atoms with Crippen LogP contribution < -0.4 is 15.0 Å². The quantitative estimate of drug-likeness (QED) is 0.542. The molecule has 1 aliphatic heterocycles. The molecule has 2 aromatic carbocycles. The summed E-state index contributed by atoms with van der Waals surface area (Å²) in [5.41, 5.74) is 5.16. The molecular weight excluding hydrogens is 452 g/mol. The Morgan fingerprint density at radius 2 is 1.69 bits per heavy atom. The molecule has 0 spiro atoms. The smallest absolute Gasteiger partial charge is 0.315 e. The van der Waals surface area contributed by atoms with Gasteiger partial charge >= 0.3 is 5.97 Å². The summed E-state index contributed by atoms with van der Waals surface area (Å²) in [5, 5.41) is 3.35. The van der Waals surface area contributed by atoms with E-state index in [9.17, 15) is 9.59 Å². The maximum absolute atomic E-state index is 13.7. The average Bonchev–Trinajstić information content (AvgIpc) is 2.86. The summed E-state index contributed by atoms with van der Waals surface area (Å²) in [7, 11) is 5.61. The Morgan fingerprint density at radius 1 is 1.06 bits per heavy atom. The van der Waals surface area contributed by atoms with Gasteiger partial charge in [0.25, 0.3) is 0 Å². The zero-order valence-corrected chi connectivity index (χ0v) is 21.8. The number of Topliss-reactive ketones (excluding diaryl/α,β-unsaturated/α-hetero) is 1. The van der Waals surface area contributed by atoms with Gasteiger partial charge in [0, 0.05) is 49.1 Å². The van der Waals surface area contributed by atoms with Crippen molar-refractivity contribution in [1.82, 2.24) is 5.32 Å². The first-order chi connectivity index (χ1) is 17.2. The SMILES string of the molecule is C=C1NC2=C(C(=O)CC(c3ccc(OC)cc3)C2)C(c2ccc(N(C)C)cc2)C1C(=O)OCC(C)C. The number of carbonyl (C=O) groups is 2. The van der Waals surface area contributed by atoms with Crippen LogP contribution in [-0.4, -0.2) is 39.6 Å². The molecule has 1 aliphatic carbocycles. The topological polar surface area (TPSA) is 67.9 Å². The van der Waals surface area contributed by atoms with Crippen molar-refractivity contribution in [2.24, 2.45) is 11.8 Å². The first-order valence-corrected chi connectivity index (χ1v) is 12.5. The zero-order valence-electron chi connectivity index (χ0n) is 21.8. The highest BCUT2D eigenvalue weighted by atomic mass is 16.5. The van der Waals surface area contributed by atoms with E-state index < -0.39 is 11.8 Å². The Bertz CT molecular complexity index is 1160. The number of ketones is 1. The van der Waals surface area contributed by atoms with Crippen molar-refractivity contribution in [2.45, 2.75) is 38.5 Å². The molecule has 0 fully saturated rings. The number of allylic oxidation sites excluding steroid dienone is 2. The molecule has 0 bridgehead atoms. The molecule has 3 atom stereocenters. The fourth-order valence-corrected chi connectivity index (χ4v) is 5.12. The molecule has 6 nitrogen and oxygen atoms in total. The first kappa shape index (κ1) is 25.5. The van der Waals surface area contributed by atoms with Crippen LogP contribution in [-0.2, 0) is 14.3 Å². The summed E-state index contributed by atoms with van der Waals surface area (Å²) in [6, 6.07) is 15.9. The lowest BCUT2D eigenvalue weighted by Gasteiger charge is -2.40. The number of hydrogen-bond acceptors (Lipinski definition) is 6. The number of anilines is 1. The number of esters is 1. The average molecular weight is 489 g/mol.